The molecule has 0 aliphatic heterocycles. The monoisotopic (exact) mass is 264 g/mol. The largest absolute Gasteiger partial charge is 0.484 e. The molecular weight excluding hydrogens is 240 g/mol. The van der Waals surface area contributed by atoms with Crippen LogP contribution >= 0.6 is 0 Å². The first kappa shape index (κ1) is 15.5. The highest BCUT2D eigenvalue weighted by atomic mass is 16.5. The Bertz CT molecular complexity index is 407. The molecule has 0 bridgehead atoms. The molecule has 0 aliphatic rings. The summed E-state index contributed by atoms with van der Waals surface area (Å²) in [6.07, 6.45) is 0.897. The van der Waals surface area contributed by atoms with Crippen molar-refractivity contribution in [1.82, 2.24) is 5.32 Å². The first-order chi connectivity index (χ1) is 8.81. The molecule has 0 unspecified atom stereocenters. The molecule has 1 amide bonds. The van der Waals surface area contributed by atoms with Crippen LogP contribution in [0.3, 0.4) is 0 Å². The minimum atomic E-state index is -0.238. The number of carbonyl (C=O) groups excluding carboxylic acids is 1. The van der Waals surface area contributed by atoms with Crippen LogP contribution in [0.25, 0.3) is 0 Å². The van der Waals surface area contributed by atoms with Crippen LogP contribution in [0.4, 0.5) is 0 Å². The molecule has 19 heavy (non-hydrogen) atoms. The van der Waals surface area contributed by atoms with E-state index in [9.17, 15) is 4.79 Å². The van der Waals surface area contributed by atoms with Gasteiger partial charge in [0.15, 0.2) is 6.61 Å². The first-order valence-corrected chi connectivity index (χ1v) is 6.61. The van der Waals surface area contributed by atoms with Gasteiger partial charge in [0.05, 0.1) is 0 Å². The van der Waals surface area contributed by atoms with E-state index in [0.29, 0.717) is 5.75 Å². The van der Waals surface area contributed by atoms with E-state index in [1.54, 1.807) is 0 Å². The quantitative estimate of drug-likeness (QED) is 0.858. The van der Waals surface area contributed by atoms with Gasteiger partial charge in [0.2, 0.25) is 0 Å². The lowest BCUT2D eigenvalue weighted by Crippen LogP contribution is -2.43. The molecule has 0 aliphatic carbocycles. The van der Waals surface area contributed by atoms with E-state index < -0.39 is 0 Å². The van der Waals surface area contributed by atoms with Gasteiger partial charge in [0, 0.05) is 11.6 Å². The summed E-state index contributed by atoms with van der Waals surface area (Å²) in [5.74, 6) is 0.554. The van der Waals surface area contributed by atoms with E-state index in [0.717, 1.165) is 12.0 Å². The predicted molar refractivity (Wildman–Crippen MR) is 77.1 cm³/mol. The second-order valence-electron chi connectivity index (χ2n) is 5.67. The van der Waals surface area contributed by atoms with Crippen LogP contribution in [0.5, 0.6) is 5.75 Å². The molecule has 4 heteroatoms. The number of carbonyl (C=O) groups is 1. The summed E-state index contributed by atoms with van der Waals surface area (Å²) >= 11 is 0. The molecule has 0 saturated heterocycles. The molecule has 0 aromatic heterocycles. The number of nitrogens with two attached hydrogens (primary N) is 1. The zero-order chi connectivity index (χ0) is 14.5. The van der Waals surface area contributed by atoms with Crippen molar-refractivity contribution < 1.29 is 9.53 Å². The molecule has 0 spiro atoms. The summed E-state index contributed by atoms with van der Waals surface area (Å²) in [7, 11) is 0. The maximum Gasteiger partial charge on any atom is 0.258 e. The van der Waals surface area contributed by atoms with Crippen molar-refractivity contribution in [3.63, 3.8) is 0 Å². The van der Waals surface area contributed by atoms with Crippen LogP contribution in [0.1, 0.15) is 45.7 Å². The highest BCUT2D eigenvalue weighted by Gasteiger charge is 2.13. The van der Waals surface area contributed by atoms with Crippen LogP contribution in [0.2, 0.25) is 0 Å². The Morgan fingerprint density at radius 1 is 1.32 bits per heavy atom. The maximum atomic E-state index is 11.6. The molecular formula is C15H24N2O2. The predicted octanol–water partition coefficient (Wildman–Crippen LogP) is 2.39. The van der Waals surface area contributed by atoms with Gasteiger partial charge >= 0.3 is 0 Å². The van der Waals surface area contributed by atoms with E-state index in [2.05, 4.69) is 5.32 Å². The summed E-state index contributed by atoms with van der Waals surface area (Å²) in [5, 5.41) is 2.84. The summed E-state index contributed by atoms with van der Waals surface area (Å²) in [5.41, 5.74) is 6.77. The summed E-state index contributed by atoms with van der Waals surface area (Å²) in [6, 6.07) is 7.61. The van der Waals surface area contributed by atoms with Crippen molar-refractivity contribution in [2.24, 2.45) is 5.73 Å². The van der Waals surface area contributed by atoms with Crippen molar-refractivity contribution in [1.29, 1.82) is 0 Å². The van der Waals surface area contributed by atoms with E-state index in [1.807, 2.05) is 52.0 Å². The Morgan fingerprint density at radius 2 is 1.89 bits per heavy atom. The Morgan fingerprint density at radius 3 is 2.37 bits per heavy atom. The minimum Gasteiger partial charge on any atom is -0.484 e. The van der Waals surface area contributed by atoms with Crippen LogP contribution in [-0.2, 0) is 4.79 Å². The first-order valence-electron chi connectivity index (χ1n) is 6.61. The topological polar surface area (TPSA) is 64.3 Å². The lowest BCUT2D eigenvalue weighted by atomic mass is 10.1. The second kappa shape index (κ2) is 6.57. The number of rotatable bonds is 5. The van der Waals surface area contributed by atoms with Crippen LogP contribution < -0.4 is 15.8 Å². The van der Waals surface area contributed by atoms with Gasteiger partial charge in [-0.05, 0) is 44.9 Å². The second-order valence-corrected chi connectivity index (χ2v) is 5.67. The molecule has 0 saturated carbocycles. The molecule has 0 heterocycles. The third-order valence-electron chi connectivity index (χ3n) is 2.63. The lowest BCUT2D eigenvalue weighted by molar-refractivity contribution is -0.124. The molecule has 3 N–H and O–H groups in total. The number of nitrogens with one attached hydrogen (secondary N) is 1. The molecule has 0 radical (unpaired) electrons. The average Bonchev–Trinajstić information content (AvgIpc) is 2.34. The molecule has 4 nitrogen and oxygen atoms in total. The van der Waals surface area contributed by atoms with Crippen molar-refractivity contribution in [3.8, 4) is 5.75 Å². The van der Waals surface area contributed by atoms with Gasteiger partial charge in [0.25, 0.3) is 5.91 Å². The maximum absolute atomic E-state index is 11.6. The lowest BCUT2D eigenvalue weighted by Gasteiger charge is -2.20. The Balaban J connectivity index is 2.48. The number of benzene rings is 1. The van der Waals surface area contributed by atoms with Gasteiger partial charge in [-0.1, -0.05) is 19.1 Å². The van der Waals surface area contributed by atoms with Gasteiger partial charge < -0.3 is 15.8 Å². The van der Waals surface area contributed by atoms with Crippen LogP contribution in [-0.4, -0.2) is 18.1 Å². The third kappa shape index (κ3) is 5.75. The van der Waals surface area contributed by atoms with Crippen LogP contribution in [0.15, 0.2) is 24.3 Å². The van der Waals surface area contributed by atoms with Crippen molar-refractivity contribution in [2.75, 3.05) is 6.61 Å². The van der Waals surface area contributed by atoms with Gasteiger partial charge in [0.1, 0.15) is 5.75 Å². The fourth-order valence-corrected chi connectivity index (χ4v) is 1.65. The van der Waals surface area contributed by atoms with E-state index >= 15 is 0 Å². The SMILES string of the molecule is CC[C@H](N)c1ccc(OCC(=O)NC(C)(C)C)cc1. The molecule has 1 rings (SSSR count). The average molecular weight is 264 g/mol. The molecule has 1 atom stereocenters. The highest BCUT2D eigenvalue weighted by Crippen LogP contribution is 2.18. The molecule has 106 valence electrons. The fourth-order valence-electron chi connectivity index (χ4n) is 1.65. The van der Waals surface area contributed by atoms with Crippen LogP contribution in [0, 0.1) is 0 Å². The van der Waals surface area contributed by atoms with E-state index in [1.165, 1.54) is 0 Å². The number of hydrogen-bond donors (Lipinski definition) is 2. The summed E-state index contributed by atoms with van der Waals surface area (Å²) in [6.45, 7) is 7.88. The molecule has 1 aromatic rings. The summed E-state index contributed by atoms with van der Waals surface area (Å²) in [4.78, 5) is 11.6. The molecule has 0 fully saturated rings. The molecule has 1 aromatic carbocycles. The van der Waals surface area contributed by atoms with Gasteiger partial charge in [-0.25, -0.2) is 0 Å². The van der Waals surface area contributed by atoms with Gasteiger partial charge in [-0.2, -0.15) is 0 Å². The Kier molecular flexibility index (Phi) is 5.36. The zero-order valence-electron chi connectivity index (χ0n) is 12.2. The zero-order valence-corrected chi connectivity index (χ0v) is 12.2. The smallest absolute Gasteiger partial charge is 0.258 e. The van der Waals surface area contributed by atoms with Gasteiger partial charge in [-0.15, -0.1) is 0 Å². The van der Waals surface area contributed by atoms with Crippen molar-refractivity contribution in [3.05, 3.63) is 29.8 Å². The normalized spacial score (nSPS) is 12.9. The van der Waals surface area contributed by atoms with E-state index in [4.69, 9.17) is 10.5 Å². The third-order valence-corrected chi connectivity index (χ3v) is 2.63. The fraction of sp³-hybridized carbons (Fsp3) is 0.533. The summed E-state index contributed by atoms with van der Waals surface area (Å²) < 4.78 is 5.43. The number of ether oxygens (including phenoxy) is 1. The minimum absolute atomic E-state index is 0.0243. The van der Waals surface area contributed by atoms with Crippen molar-refractivity contribution in [2.45, 2.75) is 45.7 Å². The number of amides is 1. The highest BCUT2D eigenvalue weighted by molar-refractivity contribution is 5.78. The Hall–Kier alpha value is -1.55. The standard InChI is InChI=1S/C15H24N2O2/c1-5-13(16)11-6-8-12(9-7-11)19-10-14(18)17-15(2,3)4/h6-9,13H,5,10,16H2,1-4H3,(H,17,18)/t13-/m0/s1. The van der Waals surface area contributed by atoms with Gasteiger partial charge in [-0.3, -0.25) is 4.79 Å². The van der Waals surface area contributed by atoms with E-state index in [-0.39, 0.29) is 24.1 Å². The van der Waals surface area contributed by atoms with Crippen molar-refractivity contribution >= 4 is 5.91 Å². The Labute approximate surface area is 115 Å². The number of hydrogen-bond acceptors (Lipinski definition) is 3.